The molecule has 3 aromatic rings. The van der Waals surface area contributed by atoms with Crippen molar-refractivity contribution in [1.29, 1.82) is 0 Å². The molecule has 2 N–H and O–H groups in total. The van der Waals surface area contributed by atoms with Crippen LogP contribution in [0.1, 0.15) is 41.2 Å². The summed E-state index contributed by atoms with van der Waals surface area (Å²) in [7, 11) is 0. The normalized spacial score (nSPS) is 12.6. The van der Waals surface area contributed by atoms with Crippen LogP contribution in [0.15, 0.2) is 31.0 Å². The summed E-state index contributed by atoms with van der Waals surface area (Å²) < 4.78 is 37.9. The maximum Gasteiger partial charge on any atom is 0.434 e. The number of amides is 1. The number of carbonyl (C=O) groups excluding carboxylic acids is 1. The molecule has 0 saturated carbocycles. The van der Waals surface area contributed by atoms with Crippen molar-refractivity contribution in [3.8, 4) is 5.69 Å². The van der Waals surface area contributed by atoms with Crippen molar-refractivity contribution in [2.24, 2.45) is 5.92 Å². The number of aromatic nitrogens is 6. The Morgan fingerprint density at radius 3 is 2.31 bits per heavy atom. The van der Waals surface area contributed by atoms with E-state index in [1.54, 1.807) is 6.20 Å². The molecule has 0 aromatic carbocycles. The number of aryl methyl sites for hydroxylation is 1. The maximum atomic E-state index is 13.1. The number of pyridine rings is 1. The average Bonchev–Trinajstić information content (AvgIpc) is 3.26. The molecule has 0 fully saturated rings. The second-order valence-electron chi connectivity index (χ2n) is 7.57. The van der Waals surface area contributed by atoms with E-state index in [0.717, 1.165) is 17.3 Å². The summed E-state index contributed by atoms with van der Waals surface area (Å²) >= 11 is 0. The molecular formula is C20H23F3N8O. The minimum atomic E-state index is -4.56. The van der Waals surface area contributed by atoms with Crippen LogP contribution in [0.2, 0.25) is 0 Å². The van der Waals surface area contributed by atoms with Gasteiger partial charge in [-0.1, -0.05) is 13.8 Å². The molecule has 32 heavy (non-hydrogen) atoms. The molecule has 3 aromatic heterocycles. The summed E-state index contributed by atoms with van der Waals surface area (Å²) in [5, 5.41) is 14.1. The van der Waals surface area contributed by atoms with Gasteiger partial charge in [0.1, 0.15) is 11.5 Å². The highest BCUT2D eigenvalue weighted by Crippen LogP contribution is 2.27. The van der Waals surface area contributed by atoms with Crippen LogP contribution in [0, 0.1) is 19.8 Å². The van der Waals surface area contributed by atoms with Crippen molar-refractivity contribution in [3.05, 3.63) is 53.5 Å². The van der Waals surface area contributed by atoms with Crippen LogP contribution in [-0.2, 0) is 6.18 Å². The lowest BCUT2D eigenvalue weighted by atomic mass is 10.0. The number of rotatable bonds is 7. The van der Waals surface area contributed by atoms with Crippen molar-refractivity contribution < 1.29 is 18.0 Å². The van der Waals surface area contributed by atoms with Crippen molar-refractivity contribution in [3.63, 3.8) is 0 Å². The van der Waals surface area contributed by atoms with Crippen LogP contribution in [0.25, 0.3) is 5.69 Å². The summed E-state index contributed by atoms with van der Waals surface area (Å²) in [4.78, 5) is 25.8. The number of anilines is 1. The zero-order valence-electron chi connectivity index (χ0n) is 18.0. The van der Waals surface area contributed by atoms with Gasteiger partial charge in [-0.05, 0) is 30.9 Å². The minimum absolute atomic E-state index is 0.00619. The molecule has 0 aliphatic heterocycles. The molecule has 0 aliphatic carbocycles. The Morgan fingerprint density at radius 1 is 1.06 bits per heavy atom. The van der Waals surface area contributed by atoms with E-state index < -0.39 is 17.8 Å². The van der Waals surface area contributed by atoms with Gasteiger partial charge < -0.3 is 10.6 Å². The molecule has 1 unspecified atom stereocenters. The topological polar surface area (TPSA) is 111 Å². The fourth-order valence-corrected chi connectivity index (χ4v) is 2.90. The molecule has 0 bridgehead atoms. The average molecular weight is 448 g/mol. The summed E-state index contributed by atoms with van der Waals surface area (Å²) in [5.41, 5.74) is 1.29. The van der Waals surface area contributed by atoms with Gasteiger partial charge in [-0.3, -0.25) is 4.79 Å². The Labute approximate surface area is 182 Å². The predicted octanol–water partition coefficient (Wildman–Crippen LogP) is 2.95. The standard InChI is InChI=1S/C20H23F3N8O/c1-11(2)14(8-25-16-10-24-15(9-26-16)20(21,22)23)30-19(32)17-18(31-28-5-6-29-31)13(4)12(3)7-27-17/h5-7,9-11,14H,8H2,1-4H3,(H,25,26)(H,30,32). The Morgan fingerprint density at radius 2 is 1.75 bits per heavy atom. The number of hydrogen-bond donors (Lipinski definition) is 2. The lowest BCUT2D eigenvalue weighted by Gasteiger charge is -2.23. The first kappa shape index (κ1) is 23.1. The van der Waals surface area contributed by atoms with Gasteiger partial charge in [-0.25, -0.2) is 15.0 Å². The fraction of sp³-hybridized carbons (Fsp3) is 0.400. The molecule has 3 rings (SSSR count). The summed E-state index contributed by atoms with van der Waals surface area (Å²) in [6.45, 7) is 7.79. The van der Waals surface area contributed by atoms with Crippen LogP contribution >= 0.6 is 0 Å². The molecule has 1 atom stereocenters. The van der Waals surface area contributed by atoms with E-state index in [0.29, 0.717) is 11.9 Å². The highest BCUT2D eigenvalue weighted by atomic mass is 19.4. The molecule has 0 radical (unpaired) electrons. The van der Waals surface area contributed by atoms with Gasteiger partial charge in [0.15, 0.2) is 11.4 Å². The smallest absolute Gasteiger partial charge is 0.367 e. The highest BCUT2D eigenvalue weighted by Gasteiger charge is 2.32. The SMILES string of the molecule is Cc1cnc(C(=O)NC(CNc2cnc(C(F)(F)F)cn2)C(C)C)c(-n2nccn2)c1C. The van der Waals surface area contributed by atoms with Gasteiger partial charge >= 0.3 is 6.18 Å². The third kappa shape index (κ3) is 5.18. The molecule has 0 saturated heterocycles. The molecule has 1 amide bonds. The van der Waals surface area contributed by atoms with Crippen molar-refractivity contribution >= 4 is 11.7 Å². The number of alkyl halides is 3. The Hall–Kier alpha value is -3.57. The molecule has 3 heterocycles. The van der Waals surface area contributed by atoms with E-state index in [-0.39, 0.29) is 30.0 Å². The largest absolute Gasteiger partial charge is 0.434 e. The Bertz CT molecular complexity index is 1070. The molecule has 0 spiro atoms. The van der Waals surface area contributed by atoms with E-state index in [1.807, 2.05) is 27.7 Å². The van der Waals surface area contributed by atoms with Crippen LogP contribution in [0.4, 0.5) is 19.0 Å². The number of hydrogen-bond acceptors (Lipinski definition) is 7. The van der Waals surface area contributed by atoms with Crippen molar-refractivity contribution in [2.45, 2.75) is 39.9 Å². The molecular weight excluding hydrogens is 425 g/mol. The van der Waals surface area contributed by atoms with Crippen molar-refractivity contribution in [1.82, 2.24) is 35.3 Å². The molecule has 0 aliphatic rings. The maximum absolute atomic E-state index is 13.1. The summed E-state index contributed by atoms with van der Waals surface area (Å²) in [6, 6.07) is -0.367. The first-order valence-corrected chi connectivity index (χ1v) is 9.84. The number of carbonyl (C=O) groups is 1. The first-order chi connectivity index (χ1) is 15.1. The Kier molecular flexibility index (Phi) is 6.70. The lowest BCUT2D eigenvalue weighted by Crippen LogP contribution is -2.44. The summed E-state index contributed by atoms with van der Waals surface area (Å²) in [6.07, 6.45) is 1.74. The number of nitrogens with zero attached hydrogens (tertiary/aromatic N) is 6. The van der Waals surface area contributed by atoms with E-state index >= 15 is 0 Å². The van der Waals surface area contributed by atoms with E-state index in [4.69, 9.17) is 0 Å². The zero-order valence-corrected chi connectivity index (χ0v) is 18.0. The zero-order chi connectivity index (χ0) is 23.5. The molecule has 12 heteroatoms. The number of nitrogens with one attached hydrogen (secondary N) is 2. The fourth-order valence-electron chi connectivity index (χ4n) is 2.90. The molecule has 170 valence electrons. The third-order valence-electron chi connectivity index (χ3n) is 4.96. The van der Waals surface area contributed by atoms with E-state index in [2.05, 4.69) is 35.8 Å². The highest BCUT2D eigenvalue weighted by molar-refractivity contribution is 5.96. The summed E-state index contributed by atoms with van der Waals surface area (Å²) in [5.74, 6) is -0.241. The van der Waals surface area contributed by atoms with Gasteiger partial charge in [0.25, 0.3) is 5.91 Å². The quantitative estimate of drug-likeness (QED) is 0.572. The van der Waals surface area contributed by atoms with Gasteiger partial charge in [0.2, 0.25) is 0 Å². The van der Waals surface area contributed by atoms with Crippen LogP contribution in [-0.4, -0.2) is 48.4 Å². The molecule has 9 nitrogen and oxygen atoms in total. The minimum Gasteiger partial charge on any atom is -0.367 e. The monoisotopic (exact) mass is 448 g/mol. The predicted molar refractivity (Wildman–Crippen MR) is 110 cm³/mol. The van der Waals surface area contributed by atoms with Crippen LogP contribution in [0.3, 0.4) is 0 Å². The van der Waals surface area contributed by atoms with Crippen molar-refractivity contribution in [2.75, 3.05) is 11.9 Å². The first-order valence-electron chi connectivity index (χ1n) is 9.84. The van der Waals surface area contributed by atoms with Crippen LogP contribution in [0.5, 0.6) is 0 Å². The second-order valence-corrected chi connectivity index (χ2v) is 7.57. The van der Waals surface area contributed by atoms with E-state index in [1.165, 1.54) is 17.2 Å². The lowest BCUT2D eigenvalue weighted by molar-refractivity contribution is -0.141. The van der Waals surface area contributed by atoms with Crippen LogP contribution < -0.4 is 10.6 Å². The van der Waals surface area contributed by atoms with Gasteiger partial charge in [-0.15, -0.1) is 4.80 Å². The second kappa shape index (κ2) is 9.28. The Balaban J connectivity index is 1.76. The van der Waals surface area contributed by atoms with Gasteiger partial charge in [0, 0.05) is 18.8 Å². The van der Waals surface area contributed by atoms with E-state index in [9.17, 15) is 18.0 Å². The van der Waals surface area contributed by atoms with Gasteiger partial charge in [0.05, 0.1) is 24.8 Å². The number of halogens is 3. The van der Waals surface area contributed by atoms with Gasteiger partial charge in [-0.2, -0.15) is 23.4 Å². The third-order valence-corrected chi connectivity index (χ3v) is 4.96.